The number of rotatable bonds is 5. The molecule has 1 atom stereocenters. The molecule has 2 heterocycles. The maximum Gasteiger partial charge on any atom is 0.237 e. The molecule has 1 unspecified atom stereocenters. The molecule has 2 N–H and O–H groups in total. The molecule has 0 radical (unpaired) electrons. The molecule has 6 nitrogen and oxygen atoms in total. The first-order valence-electron chi connectivity index (χ1n) is 7.99. The highest BCUT2D eigenvalue weighted by atomic mass is 16.3. The van der Waals surface area contributed by atoms with Gasteiger partial charge in [-0.1, -0.05) is 24.3 Å². The first-order valence-corrected chi connectivity index (χ1v) is 7.99. The molecule has 1 aromatic heterocycles. The zero-order valence-corrected chi connectivity index (χ0v) is 13.6. The fraction of sp³-hybridized carbons (Fsp3) is 0.333. The van der Waals surface area contributed by atoms with Crippen LogP contribution in [0.5, 0.6) is 0 Å². The van der Waals surface area contributed by atoms with Crippen molar-refractivity contribution in [2.24, 2.45) is 0 Å². The molecule has 6 heteroatoms. The summed E-state index contributed by atoms with van der Waals surface area (Å²) in [6.07, 6.45) is 2.19. The normalized spacial score (nSPS) is 17.1. The number of carbonyl (C=O) groups excluding carboxylic acids is 2. The molecule has 0 fully saturated rings. The van der Waals surface area contributed by atoms with Gasteiger partial charge in [0.15, 0.2) is 0 Å². The van der Waals surface area contributed by atoms with E-state index in [1.54, 1.807) is 19.4 Å². The van der Waals surface area contributed by atoms with Crippen LogP contribution in [0.4, 0.5) is 0 Å². The predicted octanol–water partition coefficient (Wildman–Crippen LogP) is 1.07. The summed E-state index contributed by atoms with van der Waals surface area (Å²) in [5.41, 5.74) is 2.33. The number of fused-ring (bicyclic) bond motifs is 1. The van der Waals surface area contributed by atoms with Crippen LogP contribution in [0.15, 0.2) is 47.1 Å². The van der Waals surface area contributed by atoms with Gasteiger partial charge in [-0.05, 0) is 29.7 Å². The second-order valence-electron chi connectivity index (χ2n) is 5.86. The number of furan rings is 1. The molecule has 0 aliphatic carbocycles. The largest absolute Gasteiger partial charge is 0.467 e. The summed E-state index contributed by atoms with van der Waals surface area (Å²) in [6.45, 7) is 1.11. The SMILES string of the molecule is CNC(=O)C1Cc2ccccc2CN1CC(=O)NCc1ccco1. The van der Waals surface area contributed by atoms with Gasteiger partial charge in [-0.15, -0.1) is 0 Å². The minimum atomic E-state index is -0.334. The van der Waals surface area contributed by atoms with Crippen molar-refractivity contribution in [3.63, 3.8) is 0 Å². The van der Waals surface area contributed by atoms with Crippen molar-refractivity contribution in [1.82, 2.24) is 15.5 Å². The minimum absolute atomic E-state index is 0.0664. The highest BCUT2D eigenvalue weighted by Gasteiger charge is 2.31. The predicted molar refractivity (Wildman–Crippen MR) is 89.0 cm³/mol. The average Bonchev–Trinajstić information content (AvgIpc) is 3.12. The molecule has 0 saturated carbocycles. The van der Waals surface area contributed by atoms with E-state index in [4.69, 9.17) is 4.42 Å². The number of benzene rings is 1. The Morgan fingerprint density at radius 3 is 2.71 bits per heavy atom. The van der Waals surface area contributed by atoms with Gasteiger partial charge in [0.1, 0.15) is 5.76 Å². The zero-order chi connectivity index (χ0) is 16.9. The van der Waals surface area contributed by atoms with Crippen LogP contribution in [-0.4, -0.2) is 36.3 Å². The van der Waals surface area contributed by atoms with Crippen molar-refractivity contribution in [3.8, 4) is 0 Å². The van der Waals surface area contributed by atoms with Crippen LogP contribution in [0, 0.1) is 0 Å². The summed E-state index contributed by atoms with van der Waals surface area (Å²) in [4.78, 5) is 26.4. The fourth-order valence-corrected chi connectivity index (χ4v) is 3.01. The Bertz CT molecular complexity index is 712. The van der Waals surface area contributed by atoms with Gasteiger partial charge in [-0.2, -0.15) is 0 Å². The Balaban J connectivity index is 1.67. The van der Waals surface area contributed by atoms with Crippen LogP contribution in [0.1, 0.15) is 16.9 Å². The van der Waals surface area contributed by atoms with E-state index in [1.165, 1.54) is 5.56 Å². The van der Waals surface area contributed by atoms with Gasteiger partial charge in [0.05, 0.1) is 25.4 Å². The van der Waals surface area contributed by atoms with Gasteiger partial charge < -0.3 is 15.1 Å². The van der Waals surface area contributed by atoms with E-state index in [0.717, 1.165) is 5.56 Å². The molecule has 126 valence electrons. The Labute approximate surface area is 140 Å². The molecule has 3 rings (SSSR count). The van der Waals surface area contributed by atoms with Crippen molar-refractivity contribution in [3.05, 3.63) is 59.5 Å². The summed E-state index contributed by atoms with van der Waals surface area (Å²) < 4.78 is 5.20. The van der Waals surface area contributed by atoms with Gasteiger partial charge in [0, 0.05) is 13.6 Å². The lowest BCUT2D eigenvalue weighted by Gasteiger charge is -2.35. The molecular formula is C18H21N3O3. The van der Waals surface area contributed by atoms with Crippen LogP contribution >= 0.6 is 0 Å². The van der Waals surface area contributed by atoms with E-state index in [-0.39, 0.29) is 24.4 Å². The maximum atomic E-state index is 12.2. The van der Waals surface area contributed by atoms with Gasteiger partial charge in [0.25, 0.3) is 0 Å². The number of nitrogens with one attached hydrogen (secondary N) is 2. The zero-order valence-electron chi connectivity index (χ0n) is 13.6. The monoisotopic (exact) mass is 327 g/mol. The van der Waals surface area contributed by atoms with E-state index in [0.29, 0.717) is 25.3 Å². The number of amides is 2. The second-order valence-corrected chi connectivity index (χ2v) is 5.86. The summed E-state index contributed by atoms with van der Waals surface area (Å²) in [7, 11) is 1.62. The van der Waals surface area contributed by atoms with Gasteiger partial charge in [-0.3, -0.25) is 14.5 Å². The second kappa shape index (κ2) is 7.31. The molecule has 1 aliphatic rings. The lowest BCUT2D eigenvalue weighted by molar-refractivity contribution is -0.129. The minimum Gasteiger partial charge on any atom is -0.467 e. The first-order chi connectivity index (χ1) is 11.7. The molecule has 2 amide bonds. The highest BCUT2D eigenvalue weighted by Crippen LogP contribution is 2.23. The maximum absolute atomic E-state index is 12.2. The summed E-state index contributed by atoms with van der Waals surface area (Å²) >= 11 is 0. The third kappa shape index (κ3) is 3.65. The first kappa shape index (κ1) is 16.3. The van der Waals surface area contributed by atoms with Crippen LogP contribution in [0.3, 0.4) is 0 Å². The van der Waals surface area contributed by atoms with Crippen LogP contribution < -0.4 is 10.6 Å². The Morgan fingerprint density at radius 2 is 2.00 bits per heavy atom. The van der Waals surface area contributed by atoms with E-state index in [9.17, 15) is 9.59 Å². The van der Waals surface area contributed by atoms with Gasteiger partial charge in [0.2, 0.25) is 11.8 Å². The number of hydrogen-bond donors (Lipinski definition) is 2. The smallest absolute Gasteiger partial charge is 0.237 e. The van der Waals surface area contributed by atoms with E-state index >= 15 is 0 Å². The molecule has 24 heavy (non-hydrogen) atoms. The Morgan fingerprint density at radius 1 is 1.21 bits per heavy atom. The molecule has 0 spiro atoms. The lowest BCUT2D eigenvalue weighted by Crippen LogP contribution is -2.52. The third-order valence-corrected chi connectivity index (χ3v) is 4.28. The molecule has 1 aliphatic heterocycles. The van der Waals surface area contributed by atoms with Crippen LogP contribution in [0.25, 0.3) is 0 Å². The molecular weight excluding hydrogens is 306 g/mol. The third-order valence-electron chi connectivity index (χ3n) is 4.28. The topological polar surface area (TPSA) is 74.6 Å². The molecule has 1 aromatic carbocycles. The summed E-state index contributed by atoms with van der Waals surface area (Å²) in [6, 6.07) is 11.3. The van der Waals surface area contributed by atoms with Crippen molar-refractivity contribution in [2.75, 3.05) is 13.6 Å². The summed E-state index contributed by atoms with van der Waals surface area (Å²) in [5.74, 6) is 0.512. The standard InChI is InChI=1S/C18H21N3O3/c1-19-18(23)16-9-13-5-2-3-6-14(13)11-21(16)12-17(22)20-10-15-7-4-8-24-15/h2-8,16H,9-12H2,1H3,(H,19,23)(H,20,22). The highest BCUT2D eigenvalue weighted by molar-refractivity contribution is 5.84. The quantitative estimate of drug-likeness (QED) is 0.861. The lowest BCUT2D eigenvalue weighted by atomic mass is 9.93. The summed E-state index contributed by atoms with van der Waals surface area (Å²) in [5, 5.41) is 5.52. The van der Waals surface area contributed by atoms with Crippen LogP contribution in [-0.2, 0) is 29.1 Å². The van der Waals surface area contributed by atoms with Crippen molar-refractivity contribution in [1.29, 1.82) is 0 Å². The molecule has 0 bridgehead atoms. The van der Waals surface area contributed by atoms with Crippen molar-refractivity contribution >= 4 is 11.8 Å². The van der Waals surface area contributed by atoms with Gasteiger partial charge >= 0.3 is 0 Å². The van der Waals surface area contributed by atoms with E-state index in [1.807, 2.05) is 35.2 Å². The van der Waals surface area contributed by atoms with Crippen LogP contribution in [0.2, 0.25) is 0 Å². The molecule has 0 saturated heterocycles. The average molecular weight is 327 g/mol. The molecule has 2 aromatic rings. The Hall–Kier alpha value is -2.60. The Kier molecular flexibility index (Phi) is 4.96. The van der Waals surface area contributed by atoms with Crippen molar-refractivity contribution < 1.29 is 14.0 Å². The fourth-order valence-electron chi connectivity index (χ4n) is 3.01. The number of hydrogen-bond acceptors (Lipinski definition) is 4. The van der Waals surface area contributed by atoms with E-state index in [2.05, 4.69) is 10.6 Å². The van der Waals surface area contributed by atoms with Crippen molar-refractivity contribution in [2.45, 2.75) is 25.6 Å². The number of nitrogens with zero attached hydrogens (tertiary/aromatic N) is 1. The van der Waals surface area contributed by atoms with E-state index < -0.39 is 0 Å². The van der Waals surface area contributed by atoms with Gasteiger partial charge in [-0.25, -0.2) is 0 Å². The number of carbonyl (C=O) groups is 2. The number of likely N-dealkylation sites (N-methyl/N-ethyl adjacent to an activating group) is 1.